The van der Waals surface area contributed by atoms with Crippen molar-refractivity contribution in [1.29, 1.82) is 0 Å². The molecular formula is C21H21NO2. The summed E-state index contributed by atoms with van der Waals surface area (Å²) in [4.78, 5) is 4.72. The van der Waals surface area contributed by atoms with Gasteiger partial charge in [-0.3, -0.25) is 4.99 Å². The van der Waals surface area contributed by atoms with Crippen molar-refractivity contribution in [2.45, 2.75) is 32.9 Å². The van der Waals surface area contributed by atoms with Crippen molar-refractivity contribution >= 4 is 17.2 Å². The van der Waals surface area contributed by atoms with E-state index in [4.69, 9.17) is 14.1 Å². The standard InChI is InChI=1S/C21H21NO2/c1-14(2)19-10-16-11-20(24-13-15-6-4-3-5-7-15)21-17(8-9-23-21)18(16)12-22-19/h3-9,11-12,14,19H,10,13H2,1-2H3. The zero-order valence-corrected chi connectivity index (χ0v) is 14.0. The van der Waals surface area contributed by atoms with Crippen LogP contribution in [0.25, 0.3) is 11.0 Å². The molecule has 3 nitrogen and oxygen atoms in total. The van der Waals surface area contributed by atoms with Crippen molar-refractivity contribution in [3.05, 3.63) is 65.4 Å². The normalized spacial score (nSPS) is 16.5. The summed E-state index contributed by atoms with van der Waals surface area (Å²) in [5, 5.41) is 1.08. The Morgan fingerprint density at radius 3 is 2.83 bits per heavy atom. The molecule has 1 aromatic heterocycles. The molecule has 3 aromatic rings. The van der Waals surface area contributed by atoms with Gasteiger partial charge in [0.2, 0.25) is 0 Å². The Hall–Kier alpha value is -2.55. The minimum atomic E-state index is 0.337. The fourth-order valence-electron chi connectivity index (χ4n) is 3.21. The first kappa shape index (κ1) is 15.0. The van der Waals surface area contributed by atoms with Crippen LogP contribution in [-0.4, -0.2) is 12.3 Å². The maximum atomic E-state index is 6.09. The number of benzene rings is 2. The van der Waals surface area contributed by atoms with E-state index in [-0.39, 0.29) is 0 Å². The Bertz CT molecular complexity index is 877. The molecule has 1 aliphatic heterocycles. The van der Waals surface area contributed by atoms with Crippen LogP contribution in [0.1, 0.15) is 30.5 Å². The average molecular weight is 319 g/mol. The summed E-state index contributed by atoms with van der Waals surface area (Å²) >= 11 is 0. The van der Waals surface area contributed by atoms with E-state index in [0.29, 0.717) is 18.6 Å². The molecule has 2 aromatic carbocycles. The van der Waals surface area contributed by atoms with Crippen LogP contribution in [0.3, 0.4) is 0 Å². The molecule has 0 radical (unpaired) electrons. The van der Waals surface area contributed by atoms with Gasteiger partial charge in [0, 0.05) is 17.2 Å². The van der Waals surface area contributed by atoms with Crippen LogP contribution in [-0.2, 0) is 13.0 Å². The van der Waals surface area contributed by atoms with Gasteiger partial charge >= 0.3 is 0 Å². The molecule has 1 aliphatic rings. The van der Waals surface area contributed by atoms with Crippen LogP contribution >= 0.6 is 0 Å². The number of hydrogen-bond acceptors (Lipinski definition) is 3. The lowest BCUT2D eigenvalue weighted by Crippen LogP contribution is -2.21. The number of fused-ring (bicyclic) bond motifs is 3. The van der Waals surface area contributed by atoms with E-state index in [1.54, 1.807) is 6.26 Å². The molecule has 1 unspecified atom stereocenters. The third-order valence-electron chi connectivity index (χ3n) is 4.66. The zero-order valence-electron chi connectivity index (χ0n) is 14.0. The third-order valence-corrected chi connectivity index (χ3v) is 4.66. The minimum absolute atomic E-state index is 0.337. The van der Waals surface area contributed by atoms with Gasteiger partial charge in [0.1, 0.15) is 6.61 Å². The predicted octanol–water partition coefficient (Wildman–Crippen LogP) is 5.01. The average Bonchev–Trinajstić information content (AvgIpc) is 3.10. The van der Waals surface area contributed by atoms with Crippen molar-refractivity contribution < 1.29 is 9.15 Å². The van der Waals surface area contributed by atoms with Crippen LogP contribution in [0.5, 0.6) is 5.75 Å². The maximum absolute atomic E-state index is 6.09. The minimum Gasteiger partial charge on any atom is -0.485 e. The second-order valence-electron chi connectivity index (χ2n) is 6.68. The molecule has 0 N–H and O–H groups in total. The SMILES string of the molecule is CC(C)C1Cc2cc(OCc3ccccc3)c3occc3c2C=N1. The van der Waals surface area contributed by atoms with Gasteiger partial charge in [-0.15, -0.1) is 0 Å². The van der Waals surface area contributed by atoms with E-state index >= 15 is 0 Å². The molecule has 0 amide bonds. The van der Waals surface area contributed by atoms with Crippen molar-refractivity contribution in [3.8, 4) is 5.75 Å². The smallest absolute Gasteiger partial charge is 0.176 e. The van der Waals surface area contributed by atoms with Crippen LogP contribution in [0.4, 0.5) is 0 Å². The van der Waals surface area contributed by atoms with Crippen molar-refractivity contribution in [2.24, 2.45) is 10.9 Å². The van der Waals surface area contributed by atoms with E-state index in [0.717, 1.165) is 28.7 Å². The zero-order chi connectivity index (χ0) is 16.5. The van der Waals surface area contributed by atoms with E-state index in [9.17, 15) is 0 Å². The van der Waals surface area contributed by atoms with Crippen molar-refractivity contribution in [2.75, 3.05) is 0 Å². The van der Waals surface area contributed by atoms with Gasteiger partial charge in [0.05, 0.1) is 12.3 Å². The summed E-state index contributed by atoms with van der Waals surface area (Å²) in [6, 6.07) is 14.7. The number of furan rings is 1. The number of aliphatic imine (C=N–C) groups is 1. The quantitative estimate of drug-likeness (QED) is 0.677. The summed E-state index contributed by atoms with van der Waals surface area (Å²) in [6.07, 6.45) is 4.68. The van der Waals surface area contributed by atoms with Crippen molar-refractivity contribution in [3.63, 3.8) is 0 Å². The Morgan fingerprint density at radius 2 is 2.04 bits per heavy atom. The Balaban J connectivity index is 1.69. The first-order valence-corrected chi connectivity index (χ1v) is 8.45. The molecule has 4 rings (SSSR count). The Morgan fingerprint density at radius 1 is 1.21 bits per heavy atom. The molecule has 122 valence electrons. The molecule has 0 saturated carbocycles. The number of nitrogens with zero attached hydrogens (tertiary/aromatic N) is 1. The summed E-state index contributed by atoms with van der Waals surface area (Å²) < 4.78 is 11.8. The summed E-state index contributed by atoms with van der Waals surface area (Å²) in [5.74, 6) is 1.35. The molecule has 0 fully saturated rings. The van der Waals surface area contributed by atoms with Gasteiger partial charge in [-0.1, -0.05) is 44.2 Å². The highest BCUT2D eigenvalue weighted by atomic mass is 16.5. The number of ether oxygens (including phenoxy) is 1. The van der Waals surface area contributed by atoms with Crippen LogP contribution in [0.2, 0.25) is 0 Å². The van der Waals surface area contributed by atoms with Gasteiger partial charge < -0.3 is 9.15 Å². The van der Waals surface area contributed by atoms with Crippen LogP contribution in [0.15, 0.2) is 58.1 Å². The Labute approximate surface area is 142 Å². The molecule has 0 saturated heterocycles. The molecule has 3 heteroatoms. The molecule has 24 heavy (non-hydrogen) atoms. The largest absolute Gasteiger partial charge is 0.485 e. The predicted molar refractivity (Wildman–Crippen MR) is 96.9 cm³/mol. The van der Waals surface area contributed by atoms with Crippen LogP contribution < -0.4 is 4.74 Å². The van der Waals surface area contributed by atoms with Gasteiger partial charge in [-0.25, -0.2) is 0 Å². The van der Waals surface area contributed by atoms with Gasteiger partial charge in [0.15, 0.2) is 11.3 Å². The monoisotopic (exact) mass is 319 g/mol. The highest BCUT2D eigenvalue weighted by Gasteiger charge is 2.22. The lowest BCUT2D eigenvalue weighted by atomic mass is 9.90. The lowest BCUT2D eigenvalue weighted by molar-refractivity contribution is 0.305. The van der Waals surface area contributed by atoms with Gasteiger partial charge in [-0.05, 0) is 35.6 Å². The molecule has 0 aliphatic carbocycles. The van der Waals surface area contributed by atoms with Gasteiger partial charge in [-0.2, -0.15) is 0 Å². The first-order chi connectivity index (χ1) is 11.7. The fraction of sp³-hybridized carbons (Fsp3) is 0.286. The Kier molecular flexibility index (Phi) is 3.85. The molecular weight excluding hydrogens is 298 g/mol. The van der Waals surface area contributed by atoms with Crippen LogP contribution in [0, 0.1) is 5.92 Å². The second kappa shape index (κ2) is 6.16. The van der Waals surface area contributed by atoms with Crippen molar-refractivity contribution in [1.82, 2.24) is 0 Å². The van der Waals surface area contributed by atoms with E-state index in [2.05, 4.69) is 32.0 Å². The first-order valence-electron chi connectivity index (χ1n) is 8.45. The van der Waals surface area contributed by atoms with E-state index < -0.39 is 0 Å². The molecule has 0 bridgehead atoms. The lowest BCUT2D eigenvalue weighted by Gasteiger charge is -2.23. The summed E-state index contributed by atoms with van der Waals surface area (Å²) in [7, 11) is 0. The fourth-order valence-corrected chi connectivity index (χ4v) is 3.21. The molecule has 0 spiro atoms. The summed E-state index contributed by atoms with van der Waals surface area (Å²) in [5.41, 5.74) is 4.42. The topological polar surface area (TPSA) is 34.7 Å². The highest BCUT2D eigenvalue weighted by Crippen LogP contribution is 2.35. The number of rotatable bonds is 4. The van der Waals surface area contributed by atoms with Gasteiger partial charge in [0.25, 0.3) is 0 Å². The third kappa shape index (κ3) is 2.71. The maximum Gasteiger partial charge on any atom is 0.176 e. The molecule has 2 heterocycles. The number of hydrogen-bond donors (Lipinski definition) is 0. The summed E-state index contributed by atoms with van der Waals surface area (Å²) in [6.45, 7) is 4.98. The highest BCUT2D eigenvalue weighted by molar-refractivity contribution is 6.02. The molecule has 1 atom stereocenters. The van der Waals surface area contributed by atoms with E-state index in [1.807, 2.05) is 30.5 Å². The second-order valence-corrected chi connectivity index (χ2v) is 6.68. The van der Waals surface area contributed by atoms with E-state index in [1.165, 1.54) is 11.1 Å².